The van der Waals surface area contributed by atoms with Crippen LogP contribution in [0, 0.1) is 0 Å². The Labute approximate surface area is 73.8 Å². The molecule has 0 amide bonds. The molecule has 0 fully saturated rings. The molecule has 0 saturated heterocycles. The standard InChI is InChI=1S/C10H16N2/c1-3-4-10-6-5-9(7-12-10)8(2)11/h5-8H,3-4,11H2,1-2H3/t8-/m1/s1. The predicted octanol–water partition coefficient (Wildman–Crippen LogP) is 2.05. The second-order valence-corrected chi connectivity index (χ2v) is 3.12. The topological polar surface area (TPSA) is 38.9 Å². The highest BCUT2D eigenvalue weighted by atomic mass is 14.7. The zero-order valence-corrected chi connectivity index (χ0v) is 7.75. The van der Waals surface area contributed by atoms with Crippen LogP contribution in [0.3, 0.4) is 0 Å². The van der Waals surface area contributed by atoms with Gasteiger partial charge in [0, 0.05) is 17.9 Å². The summed E-state index contributed by atoms with van der Waals surface area (Å²) in [4.78, 5) is 4.31. The molecule has 0 unspecified atom stereocenters. The van der Waals surface area contributed by atoms with Crippen molar-refractivity contribution >= 4 is 0 Å². The van der Waals surface area contributed by atoms with Crippen molar-refractivity contribution < 1.29 is 0 Å². The molecule has 0 aliphatic carbocycles. The summed E-state index contributed by atoms with van der Waals surface area (Å²) < 4.78 is 0. The highest BCUT2D eigenvalue weighted by molar-refractivity contribution is 5.16. The van der Waals surface area contributed by atoms with Gasteiger partial charge in [0.25, 0.3) is 0 Å². The van der Waals surface area contributed by atoms with Gasteiger partial charge in [0.2, 0.25) is 0 Å². The maximum atomic E-state index is 5.70. The Hall–Kier alpha value is -0.890. The zero-order valence-electron chi connectivity index (χ0n) is 7.75. The van der Waals surface area contributed by atoms with Crippen LogP contribution in [-0.4, -0.2) is 4.98 Å². The lowest BCUT2D eigenvalue weighted by Gasteiger charge is -2.05. The molecule has 66 valence electrons. The smallest absolute Gasteiger partial charge is 0.0403 e. The monoisotopic (exact) mass is 164 g/mol. The molecule has 0 aliphatic rings. The summed E-state index contributed by atoms with van der Waals surface area (Å²) in [6, 6.07) is 4.21. The lowest BCUT2D eigenvalue weighted by molar-refractivity contribution is 0.801. The molecule has 0 saturated carbocycles. The lowest BCUT2D eigenvalue weighted by atomic mass is 10.1. The van der Waals surface area contributed by atoms with Crippen molar-refractivity contribution in [3.05, 3.63) is 29.6 Å². The van der Waals surface area contributed by atoms with Crippen LogP contribution in [0.2, 0.25) is 0 Å². The Kier molecular flexibility index (Phi) is 3.23. The van der Waals surface area contributed by atoms with Crippen molar-refractivity contribution in [2.75, 3.05) is 0 Å². The molecule has 1 aromatic heterocycles. The van der Waals surface area contributed by atoms with Crippen LogP contribution >= 0.6 is 0 Å². The van der Waals surface area contributed by atoms with Crippen LogP contribution in [0.5, 0.6) is 0 Å². The number of hydrogen-bond donors (Lipinski definition) is 1. The van der Waals surface area contributed by atoms with Crippen molar-refractivity contribution in [1.82, 2.24) is 4.98 Å². The van der Waals surface area contributed by atoms with Gasteiger partial charge >= 0.3 is 0 Å². The summed E-state index contributed by atoms with van der Waals surface area (Å²) in [5.41, 5.74) is 7.96. The van der Waals surface area contributed by atoms with E-state index in [9.17, 15) is 0 Å². The van der Waals surface area contributed by atoms with Crippen LogP contribution in [0.25, 0.3) is 0 Å². The molecular formula is C10H16N2. The summed E-state index contributed by atoms with van der Waals surface area (Å²) in [5.74, 6) is 0. The Balaban J connectivity index is 2.71. The first kappa shape index (κ1) is 9.20. The van der Waals surface area contributed by atoms with Crippen LogP contribution < -0.4 is 5.73 Å². The van der Waals surface area contributed by atoms with E-state index in [1.807, 2.05) is 13.1 Å². The Morgan fingerprint density at radius 1 is 1.50 bits per heavy atom. The van der Waals surface area contributed by atoms with E-state index in [0.29, 0.717) is 0 Å². The van der Waals surface area contributed by atoms with E-state index in [4.69, 9.17) is 5.73 Å². The van der Waals surface area contributed by atoms with E-state index < -0.39 is 0 Å². The minimum absolute atomic E-state index is 0.0909. The molecule has 12 heavy (non-hydrogen) atoms. The molecular weight excluding hydrogens is 148 g/mol. The van der Waals surface area contributed by atoms with Gasteiger partial charge < -0.3 is 5.73 Å². The first-order valence-electron chi connectivity index (χ1n) is 4.44. The number of hydrogen-bond acceptors (Lipinski definition) is 2. The fourth-order valence-corrected chi connectivity index (χ4v) is 1.11. The number of aryl methyl sites for hydroxylation is 1. The molecule has 1 rings (SSSR count). The average molecular weight is 164 g/mol. The number of pyridine rings is 1. The maximum Gasteiger partial charge on any atom is 0.0403 e. The van der Waals surface area contributed by atoms with Gasteiger partial charge in [-0.3, -0.25) is 4.98 Å². The van der Waals surface area contributed by atoms with Gasteiger partial charge in [0.05, 0.1) is 0 Å². The van der Waals surface area contributed by atoms with Gasteiger partial charge in [-0.1, -0.05) is 19.4 Å². The molecule has 0 aromatic carbocycles. The summed E-state index contributed by atoms with van der Waals surface area (Å²) >= 11 is 0. The van der Waals surface area contributed by atoms with Crippen LogP contribution in [0.4, 0.5) is 0 Å². The van der Waals surface area contributed by atoms with E-state index in [1.54, 1.807) is 0 Å². The second kappa shape index (κ2) is 4.21. The van der Waals surface area contributed by atoms with Crippen molar-refractivity contribution in [1.29, 1.82) is 0 Å². The first-order valence-corrected chi connectivity index (χ1v) is 4.44. The summed E-state index contributed by atoms with van der Waals surface area (Å²) in [6.07, 6.45) is 4.07. The third kappa shape index (κ3) is 2.31. The molecule has 0 aliphatic heterocycles. The van der Waals surface area contributed by atoms with Gasteiger partial charge in [-0.25, -0.2) is 0 Å². The largest absolute Gasteiger partial charge is 0.324 e. The van der Waals surface area contributed by atoms with E-state index in [2.05, 4.69) is 24.0 Å². The highest BCUT2D eigenvalue weighted by Crippen LogP contribution is 2.08. The predicted molar refractivity (Wildman–Crippen MR) is 50.8 cm³/mol. The summed E-state index contributed by atoms with van der Waals surface area (Å²) in [6.45, 7) is 4.12. The van der Waals surface area contributed by atoms with E-state index >= 15 is 0 Å². The lowest BCUT2D eigenvalue weighted by Crippen LogP contribution is -2.05. The fraction of sp³-hybridized carbons (Fsp3) is 0.500. The molecule has 2 nitrogen and oxygen atoms in total. The number of rotatable bonds is 3. The molecule has 2 N–H and O–H groups in total. The summed E-state index contributed by atoms with van der Waals surface area (Å²) in [5, 5.41) is 0. The normalized spacial score (nSPS) is 12.9. The van der Waals surface area contributed by atoms with Gasteiger partial charge in [0.15, 0.2) is 0 Å². The van der Waals surface area contributed by atoms with E-state index in [0.717, 1.165) is 24.1 Å². The molecule has 0 radical (unpaired) electrons. The van der Waals surface area contributed by atoms with E-state index in [1.165, 1.54) is 0 Å². The Morgan fingerprint density at radius 3 is 2.67 bits per heavy atom. The van der Waals surface area contributed by atoms with Gasteiger partial charge in [-0.2, -0.15) is 0 Å². The van der Waals surface area contributed by atoms with Gasteiger partial charge in [-0.05, 0) is 25.0 Å². The molecule has 0 bridgehead atoms. The summed E-state index contributed by atoms with van der Waals surface area (Å²) in [7, 11) is 0. The molecule has 1 heterocycles. The molecule has 2 heteroatoms. The zero-order chi connectivity index (χ0) is 8.97. The third-order valence-electron chi connectivity index (χ3n) is 1.88. The number of nitrogens with two attached hydrogens (primary N) is 1. The highest BCUT2D eigenvalue weighted by Gasteiger charge is 1.98. The molecule has 1 atom stereocenters. The van der Waals surface area contributed by atoms with Crippen molar-refractivity contribution in [2.24, 2.45) is 5.73 Å². The van der Waals surface area contributed by atoms with E-state index in [-0.39, 0.29) is 6.04 Å². The van der Waals surface area contributed by atoms with Crippen molar-refractivity contribution in [3.8, 4) is 0 Å². The quantitative estimate of drug-likeness (QED) is 0.742. The van der Waals surface area contributed by atoms with Crippen LogP contribution in [0.15, 0.2) is 18.3 Å². The minimum atomic E-state index is 0.0909. The number of nitrogens with zero attached hydrogens (tertiary/aromatic N) is 1. The number of aromatic nitrogens is 1. The molecule has 0 spiro atoms. The second-order valence-electron chi connectivity index (χ2n) is 3.12. The minimum Gasteiger partial charge on any atom is -0.324 e. The van der Waals surface area contributed by atoms with Crippen LogP contribution in [-0.2, 0) is 6.42 Å². The van der Waals surface area contributed by atoms with Crippen LogP contribution in [0.1, 0.15) is 37.6 Å². The SMILES string of the molecule is CCCc1ccc([C@@H](C)N)cn1. The Bertz CT molecular complexity index is 226. The molecule has 1 aromatic rings. The third-order valence-corrected chi connectivity index (χ3v) is 1.88. The first-order chi connectivity index (χ1) is 5.74. The average Bonchev–Trinajstić information content (AvgIpc) is 2.06. The fourth-order valence-electron chi connectivity index (χ4n) is 1.11. The van der Waals surface area contributed by atoms with Gasteiger partial charge in [0.1, 0.15) is 0 Å². The Morgan fingerprint density at radius 2 is 2.25 bits per heavy atom. The maximum absolute atomic E-state index is 5.70. The van der Waals surface area contributed by atoms with Crippen molar-refractivity contribution in [3.63, 3.8) is 0 Å². The van der Waals surface area contributed by atoms with Gasteiger partial charge in [-0.15, -0.1) is 0 Å². The van der Waals surface area contributed by atoms with Crippen molar-refractivity contribution in [2.45, 2.75) is 32.7 Å².